The number of carbonyl (C=O) groups is 3. The topological polar surface area (TPSA) is 95.9 Å². The lowest BCUT2D eigenvalue weighted by molar-refractivity contribution is -0.145. The number of fused-ring (bicyclic) bond motifs is 3. The predicted octanol–water partition coefficient (Wildman–Crippen LogP) is 4.85. The monoisotopic (exact) mass is 512 g/mol. The molecule has 2 aliphatic carbocycles. The van der Waals surface area contributed by atoms with Crippen molar-refractivity contribution in [3.8, 4) is 11.1 Å². The molecule has 0 saturated heterocycles. The van der Waals surface area contributed by atoms with Gasteiger partial charge in [-0.05, 0) is 47.1 Å². The van der Waals surface area contributed by atoms with Crippen LogP contribution in [0.1, 0.15) is 41.9 Å². The van der Waals surface area contributed by atoms with Crippen molar-refractivity contribution in [2.75, 3.05) is 20.2 Å². The maximum Gasteiger partial charge on any atom is 0.407 e. The van der Waals surface area contributed by atoms with Crippen LogP contribution in [-0.2, 0) is 20.7 Å². The number of ether oxygens (including phenoxy) is 1. The van der Waals surface area contributed by atoms with Gasteiger partial charge >= 0.3 is 12.1 Å². The molecule has 196 valence electrons. The molecule has 0 heterocycles. The maximum atomic E-state index is 13.4. The van der Waals surface area contributed by atoms with Crippen molar-refractivity contribution in [1.29, 1.82) is 0 Å². The molecule has 7 nitrogen and oxygen atoms in total. The summed E-state index contributed by atoms with van der Waals surface area (Å²) in [6.45, 7) is 0.483. The third kappa shape index (κ3) is 5.28. The van der Waals surface area contributed by atoms with Gasteiger partial charge in [-0.2, -0.15) is 0 Å². The Balaban J connectivity index is 1.19. The second-order valence-electron chi connectivity index (χ2n) is 10.3. The van der Waals surface area contributed by atoms with Crippen molar-refractivity contribution >= 4 is 18.0 Å². The fourth-order valence-electron chi connectivity index (χ4n) is 5.53. The van der Waals surface area contributed by atoms with E-state index in [4.69, 9.17) is 4.74 Å². The number of alkyl carbamates (subject to hydrolysis) is 1. The fourth-order valence-corrected chi connectivity index (χ4v) is 5.53. The van der Waals surface area contributed by atoms with Crippen molar-refractivity contribution in [2.45, 2.75) is 37.1 Å². The zero-order valence-electron chi connectivity index (χ0n) is 21.4. The average Bonchev–Trinajstić information content (AvgIpc) is 3.66. The summed E-state index contributed by atoms with van der Waals surface area (Å²) >= 11 is 0. The summed E-state index contributed by atoms with van der Waals surface area (Å²) in [5, 5.41) is 12.3. The van der Waals surface area contributed by atoms with Gasteiger partial charge in [0.25, 0.3) is 0 Å². The van der Waals surface area contributed by atoms with E-state index in [-0.39, 0.29) is 31.4 Å². The zero-order valence-corrected chi connectivity index (χ0v) is 21.4. The first-order chi connectivity index (χ1) is 18.4. The molecule has 3 aromatic carbocycles. The average molecular weight is 513 g/mol. The molecule has 0 radical (unpaired) electrons. The quantitative estimate of drug-likeness (QED) is 0.405. The Bertz CT molecular complexity index is 1290. The highest BCUT2D eigenvalue weighted by Crippen LogP contribution is 2.45. The van der Waals surface area contributed by atoms with Gasteiger partial charge in [-0.3, -0.25) is 9.59 Å². The molecule has 0 aromatic heterocycles. The lowest BCUT2D eigenvalue weighted by atomic mass is 9.94. The number of carboxylic acid groups (broad SMARTS) is 1. The molecule has 1 fully saturated rings. The van der Waals surface area contributed by atoms with Crippen molar-refractivity contribution < 1.29 is 24.2 Å². The summed E-state index contributed by atoms with van der Waals surface area (Å²) in [5.74, 6) is -1.92. The summed E-state index contributed by atoms with van der Waals surface area (Å²) in [4.78, 5) is 39.2. The Hall–Kier alpha value is -4.13. The van der Waals surface area contributed by atoms with Crippen molar-refractivity contribution in [3.05, 3.63) is 95.6 Å². The predicted molar refractivity (Wildman–Crippen MR) is 144 cm³/mol. The summed E-state index contributed by atoms with van der Waals surface area (Å²) in [6.07, 6.45) is 1.07. The molecule has 3 aromatic rings. The van der Waals surface area contributed by atoms with E-state index in [0.717, 1.165) is 29.5 Å². The maximum absolute atomic E-state index is 13.4. The van der Waals surface area contributed by atoms with Crippen LogP contribution in [0.3, 0.4) is 0 Å². The highest BCUT2D eigenvalue weighted by atomic mass is 16.5. The molecule has 2 amide bonds. The molecule has 38 heavy (non-hydrogen) atoms. The molecular formula is C31H32N2O5. The van der Waals surface area contributed by atoms with Gasteiger partial charge in [0.1, 0.15) is 6.61 Å². The number of hydrogen-bond acceptors (Lipinski definition) is 4. The second-order valence-corrected chi connectivity index (χ2v) is 10.3. The molecule has 0 aliphatic heterocycles. The van der Waals surface area contributed by atoms with E-state index >= 15 is 0 Å². The van der Waals surface area contributed by atoms with Crippen LogP contribution in [0.5, 0.6) is 0 Å². The number of hydrogen-bond donors (Lipinski definition) is 2. The minimum Gasteiger partial charge on any atom is -0.481 e. The number of benzene rings is 3. The van der Waals surface area contributed by atoms with Crippen LogP contribution in [0.25, 0.3) is 11.1 Å². The van der Waals surface area contributed by atoms with E-state index in [1.165, 1.54) is 11.1 Å². The summed E-state index contributed by atoms with van der Waals surface area (Å²) < 4.78 is 5.65. The fraction of sp³-hybridized carbons (Fsp3) is 0.323. The van der Waals surface area contributed by atoms with Crippen LogP contribution in [0, 0.1) is 5.92 Å². The van der Waals surface area contributed by atoms with Crippen molar-refractivity contribution in [2.24, 2.45) is 5.92 Å². The Kier molecular flexibility index (Phi) is 7.18. The van der Waals surface area contributed by atoms with Crippen LogP contribution in [0.4, 0.5) is 4.79 Å². The Morgan fingerprint density at radius 3 is 2.11 bits per heavy atom. The van der Waals surface area contributed by atoms with Crippen molar-refractivity contribution in [3.63, 3.8) is 0 Å². The smallest absolute Gasteiger partial charge is 0.407 e. The van der Waals surface area contributed by atoms with Gasteiger partial charge in [0.2, 0.25) is 5.91 Å². The van der Waals surface area contributed by atoms with Crippen LogP contribution in [0.2, 0.25) is 0 Å². The number of rotatable bonds is 10. The van der Waals surface area contributed by atoms with Crippen molar-refractivity contribution in [1.82, 2.24) is 10.2 Å². The zero-order chi connectivity index (χ0) is 26.7. The summed E-state index contributed by atoms with van der Waals surface area (Å²) in [7, 11) is 1.70. The Morgan fingerprint density at radius 2 is 1.53 bits per heavy atom. The minimum atomic E-state index is -1.01. The van der Waals surface area contributed by atoms with Crippen LogP contribution >= 0.6 is 0 Å². The molecule has 2 aliphatic rings. The third-order valence-electron chi connectivity index (χ3n) is 7.87. The largest absolute Gasteiger partial charge is 0.481 e. The van der Waals surface area contributed by atoms with E-state index in [0.29, 0.717) is 6.42 Å². The molecule has 0 bridgehead atoms. The third-order valence-corrected chi connectivity index (χ3v) is 7.87. The summed E-state index contributed by atoms with van der Waals surface area (Å²) in [5.41, 5.74) is 5.03. The van der Waals surface area contributed by atoms with Gasteiger partial charge in [0.05, 0.1) is 17.9 Å². The first-order valence-corrected chi connectivity index (χ1v) is 13.0. The molecule has 5 rings (SSSR count). The number of amides is 2. The number of nitrogens with one attached hydrogen (secondary N) is 1. The number of likely N-dealkylation sites (N-methyl/N-ethyl adjacent to an activating group) is 1. The molecule has 1 saturated carbocycles. The van der Waals surface area contributed by atoms with Gasteiger partial charge in [0, 0.05) is 19.5 Å². The first kappa shape index (κ1) is 25.5. The number of carbonyl (C=O) groups excluding carboxylic acids is 2. The molecular weight excluding hydrogens is 480 g/mol. The normalized spacial score (nSPS) is 15.6. The Labute approximate surface area is 222 Å². The van der Waals surface area contributed by atoms with Crippen LogP contribution < -0.4 is 5.32 Å². The van der Waals surface area contributed by atoms with Gasteiger partial charge < -0.3 is 20.1 Å². The second kappa shape index (κ2) is 10.7. The molecule has 2 N–H and O–H groups in total. The van der Waals surface area contributed by atoms with Gasteiger partial charge in [0.15, 0.2) is 0 Å². The SMILES string of the molecule is CN(C(=O)C(CC(=O)O)Cc1ccccc1)C1(CNC(=O)OCC2c3ccccc3-c3ccccc32)CC1. The minimum absolute atomic E-state index is 0.0259. The lowest BCUT2D eigenvalue weighted by Crippen LogP contribution is -2.49. The summed E-state index contributed by atoms with van der Waals surface area (Å²) in [6, 6.07) is 25.8. The van der Waals surface area contributed by atoms with Gasteiger partial charge in [-0.25, -0.2) is 4.79 Å². The highest BCUT2D eigenvalue weighted by molar-refractivity contribution is 5.84. The van der Waals surface area contributed by atoms with Crippen LogP contribution in [0.15, 0.2) is 78.9 Å². The molecule has 0 spiro atoms. The Morgan fingerprint density at radius 1 is 0.947 bits per heavy atom. The van der Waals surface area contributed by atoms with Gasteiger partial charge in [-0.15, -0.1) is 0 Å². The lowest BCUT2D eigenvalue weighted by Gasteiger charge is -2.31. The molecule has 7 heteroatoms. The number of nitrogens with zero attached hydrogens (tertiary/aromatic N) is 1. The number of carboxylic acids is 1. The van der Waals surface area contributed by atoms with E-state index < -0.39 is 23.5 Å². The van der Waals surface area contributed by atoms with E-state index in [9.17, 15) is 19.5 Å². The van der Waals surface area contributed by atoms with E-state index in [2.05, 4.69) is 29.6 Å². The molecule has 1 unspecified atom stereocenters. The molecule has 1 atom stereocenters. The standard InChI is InChI=1S/C31H32N2O5/c1-33(29(36)22(18-28(34)35)17-21-9-3-2-4-10-21)31(15-16-31)20-32-30(37)38-19-27-25-13-7-5-11-23(25)24-12-6-8-14-26(24)27/h2-14,22,27H,15-20H2,1H3,(H,32,37)(H,34,35). The number of aliphatic carboxylic acids is 1. The first-order valence-electron chi connectivity index (χ1n) is 13.0. The van der Waals surface area contributed by atoms with Crippen LogP contribution in [-0.4, -0.2) is 53.7 Å². The van der Waals surface area contributed by atoms with E-state index in [1.54, 1.807) is 11.9 Å². The van der Waals surface area contributed by atoms with E-state index in [1.807, 2.05) is 54.6 Å². The highest BCUT2D eigenvalue weighted by Gasteiger charge is 2.49. The van der Waals surface area contributed by atoms with Gasteiger partial charge in [-0.1, -0.05) is 78.9 Å².